The second-order valence-corrected chi connectivity index (χ2v) is 2.87. The van der Waals surface area contributed by atoms with E-state index < -0.39 is 24.0 Å². The molecule has 0 bridgehead atoms. The van der Waals surface area contributed by atoms with Gasteiger partial charge in [-0.1, -0.05) is 11.5 Å². The van der Waals surface area contributed by atoms with Gasteiger partial charge in [0, 0.05) is 5.56 Å². The molecule has 0 saturated heterocycles. The molecule has 0 fully saturated rings. The summed E-state index contributed by atoms with van der Waals surface area (Å²) in [5, 5.41) is 0. The summed E-state index contributed by atoms with van der Waals surface area (Å²) in [6.07, 6.45) is 0. The summed E-state index contributed by atoms with van der Waals surface area (Å²) in [4.78, 5) is 10.8. The first-order valence-electron chi connectivity index (χ1n) is 3.82. The molecule has 1 aromatic rings. The van der Waals surface area contributed by atoms with Gasteiger partial charge in [0.25, 0.3) is 0 Å². The van der Waals surface area contributed by atoms with Gasteiger partial charge in [0.15, 0.2) is 5.78 Å². The Bertz CT molecular complexity index is 377. The van der Waals surface area contributed by atoms with Gasteiger partial charge in [-0.05, 0) is 19.1 Å². The Morgan fingerprint density at radius 3 is 2.20 bits per heavy atom. The molecule has 0 aromatic heterocycles. The van der Waals surface area contributed by atoms with Gasteiger partial charge in [0.05, 0.1) is 5.82 Å². The standard InChI is InChI=1S/C8H6BF4O.K/c1-5(14)6-2-3-8(10)7(4-6)9(11,12)13;/h2-4H,1H3;/q-1;+1. The summed E-state index contributed by atoms with van der Waals surface area (Å²) in [5.41, 5.74) is -1.49. The van der Waals surface area contributed by atoms with E-state index in [0.29, 0.717) is 12.1 Å². The number of Topliss-reactive ketones (excluding diaryl/α,β-unsaturated/α-hetero) is 1. The molecule has 0 radical (unpaired) electrons. The smallest absolute Gasteiger partial charge is 0.445 e. The fourth-order valence-electron chi connectivity index (χ4n) is 1.01. The summed E-state index contributed by atoms with van der Waals surface area (Å²) in [6, 6.07) is 2.22. The fourth-order valence-corrected chi connectivity index (χ4v) is 1.01. The first-order valence-corrected chi connectivity index (χ1v) is 3.82. The SMILES string of the molecule is CC(=O)c1ccc(F)c([B-](F)(F)F)c1.[K+]. The Kier molecular flexibility index (Phi) is 5.70. The largest absolute Gasteiger partial charge is 1.00 e. The molecule has 0 heterocycles. The quantitative estimate of drug-likeness (QED) is 0.374. The van der Waals surface area contributed by atoms with Crippen LogP contribution in [0.4, 0.5) is 17.3 Å². The molecule has 1 rings (SSSR count). The Labute approximate surface area is 127 Å². The summed E-state index contributed by atoms with van der Waals surface area (Å²) in [7, 11) is 0. The van der Waals surface area contributed by atoms with E-state index in [9.17, 15) is 22.1 Å². The van der Waals surface area contributed by atoms with Crippen LogP contribution in [0.3, 0.4) is 0 Å². The number of carbonyl (C=O) groups is 1. The molecular formula is C8H6BF4KO. The molecule has 0 aliphatic rings. The molecule has 0 amide bonds. The van der Waals surface area contributed by atoms with Crippen molar-refractivity contribution in [1.82, 2.24) is 0 Å². The van der Waals surface area contributed by atoms with Crippen LogP contribution in [0.5, 0.6) is 0 Å². The Hall–Kier alpha value is 0.311. The van der Waals surface area contributed by atoms with Gasteiger partial charge in [0.1, 0.15) is 0 Å². The molecule has 7 heteroatoms. The topological polar surface area (TPSA) is 17.1 Å². The van der Waals surface area contributed by atoms with E-state index in [1.54, 1.807) is 0 Å². The van der Waals surface area contributed by atoms with Crippen LogP contribution in [0.15, 0.2) is 18.2 Å². The van der Waals surface area contributed by atoms with Crippen LogP contribution in [0, 0.1) is 5.82 Å². The summed E-state index contributed by atoms with van der Waals surface area (Å²) < 4.78 is 49.3. The molecule has 0 N–H and O–H groups in total. The van der Waals surface area contributed by atoms with E-state index in [-0.39, 0.29) is 56.9 Å². The third kappa shape index (κ3) is 3.99. The van der Waals surface area contributed by atoms with E-state index in [0.717, 1.165) is 13.0 Å². The molecule has 0 unspecified atom stereocenters. The van der Waals surface area contributed by atoms with Crippen molar-refractivity contribution < 1.29 is 73.5 Å². The molecule has 0 aliphatic carbocycles. The van der Waals surface area contributed by atoms with Crippen molar-refractivity contribution in [3.63, 3.8) is 0 Å². The molecule has 15 heavy (non-hydrogen) atoms. The van der Waals surface area contributed by atoms with E-state index in [2.05, 4.69) is 0 Å². The van der Waals surface area contributed by atoms with Gasteiger partial charge in [-0.3, -0.25) is 4.79 Å². The maximum atomic E-state index is 12.7. The Morgan fingerprint density at radius 1 is 1.27 bits per heavy atom. The minimum Gasteiger partial charge on any atom is -0.445 e. The van der Waals surface area contributed by atoms with E-state index in [1.165, 1.54) is 0 Å². The first-order chi connectivity index (χ1) is 6.32. The van der Waals surface area contributed by atoms with Crippen molar-refractivity contribution in [3.8, 4) is 0 Å². The van der Waals surface area contributed by atoms with Crippen molar-refractivity contribution in [2.45, 2.75) is 6.92 Å². The van der Waals surface area contributed by atoms with Gasteiger partial charge in [-0.2, -0.15) is 0 Å². The minimum atomic E-state index is -5.40. The minimum absolute atomic E-state index is 0. The molecular weight excluding hydrogens is 238 g/mol. The van der Waals surface area contributed by atoms with Crippen LogP contribution in [0.2, 0.25) is 0 Å². The van der Waals surface area contributed by atoms with Crippen molar-refractivity contribution in [2.24, 2.45) is 0 Å². The predicted octanol–water partition coefficient (Wildman–Crippen LogP) is -0.913. The zero-order valence-electron chi connectivity index (χ0n) is 8.23. The number of hydrogen-bond donors (Lipinski definition) is 0. The average molecular weight is 244 g/mol. The van der Waals surface area contributed by atoms with Crippen LogP contribution >= 0.6 is 0 Å². The van der Waals surface area contributed by atoms with Crippen molar-refractivity contribution >= 4 is 18.2 Å². The molecule has 0 saturated carbocycles. The third-order valence-corrected chi connectivity index (χ3v) is 1.76. The van der Waals surface area contributed by atoms with Gasteiger partial charge < -0.3 is 12.9 Å². The van der Waals surface area contributed by atoms with Crippen LogP contribution in [0.1, 0.15) is 17.3 Å². The maximum absolute atomic E-state index is 12.7. The van der Waals surface area contributed by atoms with Gasteiger partial charge in [-0.25, -0.2) is 4.39 Å². The molecule has 1 nitrogen and oxygen atoms in total. The molecule has 76 valence electrons. The number of halogens is 4. The summed E-state index contributed by atoms with van der Waals surface area (Å²) >= 11 is 0. The Balaban J connectivity index is 0.00000196. The summed E-state index contributed by atoms with van der Waals surface area (Å²) in [5.74, 6) is -1.87. The Morgan fingerprint density at radius 2 is 1.80 bits per heavy atom. The van der Waals surface area contributed by atoms with Crippen molar-refractivity contribution in [1.29, 1.82) is 0 Å². The van der Waals surface area contributed by atoms with E-state index >= 15 is 0 Å². The van der Waals surface area contributed by atoms with Crippen molar-refractivity contribution in [2.75, 3.05) is 0 Å². The van der Waals surface area contributed by atoms with Crippen LogP contribution in [-0.2, 0) is 0 Å². The zero-order valence-corrected chi connectivity index (χ0v) is 11.4. The second kappa shape index (κ2) is 5.58. The van der Waals surface area contributed by atoms with Crippen molar-refractivity contribution in [3.05, 3.63) is 29.6 Å². The van der Waals surface area contributed by atoms with Gasteiger partial charge in [0.2, 0.25) is 0 Å². The number of benzene rings is 1. The van der Waals surface area contributed by atoms with Crippen LogP contribution < -0.4 is 56.8 Å². The normalized spacial score (nSPS) is 10.7. The summed E-state index contributed by atoms with van der Waals surface area (Å²) in [6.45, 7) is -4.28. The zero-order chi connectivity index (χ0) is 10.9. The van der Waals surface area contributed by atoms with E-state index in [1.807, 2.05) is 0 Å². The third-order valence-electron chi connectivity index (χ3n) is 1.76. The predicted molar refractivity (Wildman–Crippen MR) is 45.1 cm³/mol. The molecule has 1 aromatic carbocycles. The number of rotatable bonds is 2. The molecule has 0 spiro atoms. The number of carbonyl (C=O) groups excluding carboxylic acids is 1. The van der Waals surface area contributed by atoms with Crippen LogP contribution in [-0.4, -0.2) is 12.8 Å². The number of ketones is 1. The molecule has 0 aliphatic heterocycles. The molecule has 0 atom stereocenters. The number of hydrogen-bond acceptors (Lipinski definition) is 1. The maximum Gasteiger partial charge on any atom is 1.00 e. The van der Waals surface area contributed by atoms with Gasteiger partial charge in [-0.15, -0.1) is 0 Å². The van der Waals surface area contributed by atoms with Crippen LogP contribution in [0.25, 0.3) is 0 Å². The van der Waals surface area contributed by atoms with E-state index in [4.69, 9.17) is 0 Å². The van der Waals surface area contributed by atoms with Gasteiger partial charge >= 0.3 is 58.4 Å². The monoisotopic (exact) mass is 244 g/mol. The first kappa shape index (κ1) is 15.3. The average Bonchev–Trinajstić information content (AvgIpc) is 2.02. The second-order valence-electron chi connectivity index (χ2n) is 2.87. The fraction of sp³-hybridized carbons (Fsp3) is 0.125.